The number of aliphatic hydroxyl groups excluding tert-OH is 1. The van der Waals surface area contributed by atoms with Crippen molar-refractivity contribution in [1.29, 1.82) is 0 Å². The number of nitrogens with zero attached hydrogens (tertiary/aromatic N) is 1. The van der Waals surface area contributed by atoms with Crippen LogP contribution in [0, 0.1) is 6.92 Å². The molecule has 1 amide bonds. The summed E-state index contributed by atoms with van der Waals surface area (Å²) in [5.41, 5.74) is 2.50. The molecule has 1 aromatic carbocycles. The van der Waals surface area contributed by atoms with Crippen LogP contribution in [0.5, 0.6) is 0 Å². The number of nitrogens with one attached hydrogen (secondary N) is 1. The standard InChI is InChI=1S/C16H20N2O2/c1-11(4-3-9-19)18-16(20)14-7-8-15-13(10-14)6-5-12(2)17-15/h5-8,10-11,19H,3-4,9H2,1-2H3,(H,18,20). The first-order valence-corrected chi connectivity index (χ1v) is 6.89. The fourth-order valence-electron chi connectivity index (χ4n) is 2.15. The van der Waals surface area contributed by atoms with E-state index in [1.54, 1.807) is 6.07 Å². The zero-order valence-corrected chi connectivity index (χ0v) is 11.9. The number of amides is 1. The lowest BCUT2D eigenvalue weighted by molar-refractivity contribution is 0.0936. The van der Waals surface area contributed by atoms with Crippen molar-refractivity contribution in [3.8, 4) is 0 Å². The van der Waals surface area contributed by atoms with Crippen molar-refractivity contribution in [2.24, 2.45) is 0 Å². The minimum atomic E-state index is -0.0853. The number of aromatic nitrogens is 1. The Morgan fingerprint density at radius 3 is 2.90 bits per heavy atom. The van der Waals surface area contributed by atoms with E-state index in [2.05, 4.69) is 10.3 Å². The quantitative estimate of drug-likeness (QED) is 0.878. The maximum Gasteiger partial charge on any atom is 0.251 e. The summed E-state index contributed by atoms with van der Waals surface area (Å²) in [6.07, 6.45) is 1.47. The van der Waals surface area contributed by atoms with Crippen LogP contribution in [0.3, 0.4) is 0 Å². The van der Waals surface area contributed by atoms with Gasteiger partial charge in [0.2, 0.25) is 0 Å². The van der Waals surface area contributed by atoms with Crippen LogP contribution >= 0.6 is 0 Å². The molecule has 0 aliphatic carbocycles. The van der Waals surface area contributed by atoms with Crippen LogP contribution in [0.25, 0.3) is 10.9 Å². The van der Waals surface area contributed by atoms with Crippen LogP contribution in [0.15, 0.2) is 30.3 Å². The fraction of sp³-hybridized carbons (Fsp3) is 0.375. The second-order valence-corrected chi connectivity index (χ2v) is 5.10. The van der Waals surface area contributed by atoms with E-state index in [1.807, 2.05) is 38.1 Å². The van der Waals surface area contributed by atoms with Crippen LogP contribution in [0.4, 0.5) is 0 Å². The molecule has 0 saturated carbocycles. The number of aryl methyl sites for hydroxylation is 1. The predicted octanol–water partition coefficient (Wildman–Crippen LogP) is 2.43. The number of aliphatic hydroxyl groups is 1. The Balaban J connectivity index is 2.12. The van der Waals surface area contributed by atoms with Gasteiger partial charge in [0.15, 0.2) is 0 Å². The molecule has 4 heteroatoms. The maximum absolute atomic E-state index is 12.1. The van der Waals surface area contributed by atoms with Gasteiger partial charge >= 0.3 is 0 Å². The Bertz CT molecular complexity index is 610. The van der Waals surface area contributed by atoms with E-state index >= 15 is 0 Å². The molecule has 1 heterocycles. The van der Waals surface area contributed by atoms with E-state index in [-0.39, 0.29) is 18.6 Å². The van der Waals surface area contributed by atoms with Crippen LogP contribution in [0.1, 0.15) is 35.8 Å². The molecule has 2 aromatic rings. The Morgan fingerprint density at radius 2 is 2.15 bits per heavy atom. The molecule has 4 nitrogen and oxygen atoms in total. The van der Waals surface area contributed by atoms with E-state index in [4.69, 9.17) is 5.11 Å². The fourth-order valence-corrected chi connectivity index (χ4v) is 2.15. The summed E-state index contributed by atoms with van der Waals surface area (Å²) in [6, 6.07) is 9.49. The zero-order chi connectivity index (χ0) is 14.5. The summed E-state index contributed by atoms with van der Waals surface area (Å²) in [7, 11) is 0. The van der Waals surface area contributed by atoms with Gasteiger partial charge in [-0.15, -0.1) is 0 Å². The first-order valence-electron chi connectivity index (χ1n) is 6.89. The molecule has 1 aromatic heterocycles. The van der Waals surface area contributed by atoms with Crippen molar-refractivity contribution in [3.63, 3.8) is 0 Å². The Labute approximate surface area is 118 Å². The van der Waals surface area contributed by atoms with E-state index in [9.17, 15) is 4.79 Å². The molecule has 0 aliphatic heterocycles. The summed E-state index contributed by atoms with van der Waals surface area (Å²) in [4.78, 5) is 16.6. The Morgan fingerprint density at radius 1 is 1.35 bits per heavy atom. The summed E-state index contributed by atoms with van der Waals surface area (Å²) >= 11 is 0. The number of rotatable bonds is 5. The first-order chi connectivity index (χ1) is 9.60. The molecule has 2 N–H and O–H groups in total. The third kappa shape index (κ3) is 3.54. The van der Waals surface area contributed by atoms with E-state index in [1.165, 1.54) is 0 Å². The number of pyridine rings is 1. The monoisotopic (exact) mass is 272 g/mol. The second kappa shape index (κ2) is 6.48. The van der Waals surface area contributed by atoms with Crippen molar-refractivity contribution in [1.82, 2.24) is 10.3 Å². The van der Waals surface area contributed by atoms with E-state index in [0.29, 0.717) is 12.0 Å². The smallest absolute Gasteiger partial charge is 0.251 e. The minimum absolute atomic E-state index is 0.0569. The molecule has 0 bridgehead atoms. The molecule has 0 fully saturated rings. The maximum atomic E-state index is 12.1. The number of hydrogen-bond acceptors (Lipinski definition) is 3. The van der Waals surface area contributed by atoms with Gasteiger partial charge in [-0.2, -0.15) is 0 Å². The highest BCUT2D eigenvalue weighted by Gasteiger charge is 2.10. The zero-order valence-electron chi connectivity index (χ0n) is 11.9. The highest BCUT2D eigenvalue weighted by atomic mass is 16.2. The minimum Gasteiger partial charge on any atom is -0.396 e. The lowest BCUT2D eigenvalue weighted by Gasteiger charge is -2.13. The molecule has 20 heavy (non-hydrogen) atoms. The average Bonchev–Trinajstić information content (AvgIpc) is 2.44. The van der Waals surface area contributed by atoms with Gasteiger partial charge in [0.1, 0.15) is 0 Å². The number of carbonyl (C=O) groups excluding carboxylic acids is 1. The Hall–Kier alpha value is -1.94. The van der Waals surface area contributed by atoms with Gasteiger partial charge in [-0.1, -0.05) is 6.07 Å². The van der Waals surface area contributed by atoms with Crippen molar-refractivity contribution in [3.05, 3.63) is 41.6 Å². The number of hydrogen-bond donors (Lipinski definition) is 2. The van der Waals surface area contributed by atoms with Gasteiger partial charge in [0.05, 0.1) is 5.52 Å². The topological polar surface area (TPSA) is 62.2 Å². The first kappa shape index (κ1) is 14.5. The number of carbonyl (C=O) groups is 1. The molecule has 1 atom stereocenters. The van der Waals surface area contributed by atoms with Crippen LogP contribution in [0.2, 0.25) is 0 Å². The number of benzene rings is 1. The van der Waals surface area contributed by atoms with Gasteiger partial charge < -0.3 is 10.4 Å². The van der Waals surface area contributed by atoms with Gasteiger partial charge in [0, 0.05) is 29.3 Å². The SMILES string of the molecule is Cc1ccc2cc(C(=O)NC(C)CCCO)ccc2n1. The van der Waals surface area contributed by atoms with Gasteiger partial charge in [-0.25, -0.2) is 0 Å². The highest BCUT2D eigenvalue weighted by molar-refractivity contribution is 5.98. The van der Waals surface area contributed by atoms with Crippen molar-refractivity contribution < 1.29 is 9.90 Å². The molecule has 2 rings (SSSR count). The van der Waals surface area contributed by atoms with Gasteiger partial charge in [-0.3, -0.25) is 9.78 Å². The molecule has 0 spiro atoms. The van der Waals surface area contributed by atoms with Gasteiger partial charge in [-0.05, 0) is 51.0 Å². The van der Waals surface area contributed by atoms with Gasteiger partial charge in [0.25, 0.3) is 5.91 Å². The lowest BCUT2D eigenvalue weighted by atomic mass is 10.1. The second-order valence-electron chi connectivity index (χ2n) is 5.10. The molecule has 0 saturated heterocycles. The van der Waals surface area contributed by atoms with Crippen LogP contribution in [-0.4, -0.2) is 28.6 Å². The average molecular weight is 272 g/mol. The van der Waals surface area contributed by atoms with Crippen LogP contribution < -0.4 is 5.32 Å². The van der Waals surface area contributed by atoms with Crippen molar-refractivity contribution >= 4 is 16.8 Å². The molecule has 106 valence electrons. The molecule has 0 aliphatic rings. The van der Waals surface area contributed by atoms with Crippen molar-refractivity contribution in [2.75, 3.05) is 6.61 Å². The molecular weight excluding hydrogens is 252 g/mol. The summed E-state index contributed by atoms with van der Waals surface area (Å²) in [6.45, 7) is 4.05. The predicted molar refractivity (Wildman–Crippen MR) is 79.7 cm³/mol. The van der Waals surface area contributed by atoms with E-state index in [0.717, 1.165) is 23.0 Å². The van der Waals surface area contributed by atoms with Crippen LogP contribution in [-0.2, 0) is 0 Å². The summed E-state index contributed by atoms with van der Waals surface area (Å²) < 4.78 is 0. The van der Waals surface area contributed by atoms with E-state index < -0.39 is 0 Å². The molecule has 0 radical (unpaired) electrons. The molecule has 1 unspecified atom stereocenters. The highest BCUT2D eigenvalue weighted by Crippen LogP contribution is 2.15. The normalized spacial score (nSPS) is 12.3. The van der Waals surface area contributed by atoms with Crippen molar-refractivity contribution in [2.45, 2.75) is 32.7 Å². The largest absolute Gasteiger partial charge is 0.396 e. The Kier molecular flexibility index (Phi) is 4.69. The molecular formula is C16H20N2O2. The lowest BCUT2D eigenvalue weighted by Crippen LogP contribution is -2.32. The summed E-state index contributed by atoms with van der Waals surface area (Å²) in [5, 5.41) is 12.7. The third-order valence-corrected chi connectivity index (χ3v) is 3.26. The third-order valence-electron chi connectivity index (χ3n) is 3.26. The summed E-state index contributed by atoms with van der Waals surface area (Å²) in [5.74, 6) is -0.0853. The number of fused-ring (bicyclic) bond motifs is 1.